The van der Waals surface area contributed by atoms with Gasteiger partial charge in [-0.15, -0.1) is 0 Å². The number of hydrogen-bond acceptors (Lipinski definition) is 6. The normalized spacial score (nSPS) is 12.2. The number of methoxy groups -OCH3 is 1. The number of rotatable bonds is 10. The first kappa shape index (κ1) is 32.1. The Morgan fingerprint density at radius 1 is 1.00 bits per heavy atom. The van der Waals surface area contributed by atoms with Crippen LogP contribution < -0.4 is 0 Å². The van der Waals surface area contributed by atoms with E-state index < -0.39 is 29.9 Å². The van der Waals surface area contributed by atoms with Crippen molar-refractivity contribution in [1.29, 1.82) is 0 Å². The van der Waals surface area contributed by atoms with Crippen molar-refractivity contribution in [1.82, 2.24) is 13.5 Å². The van der Waals surface area contributed by atoms with Crippen LogP contribution in [0.3, 0.4) is 0 Å². The number of esters is 1. The van der Waals surface area contributed by atoms with E-state index in [0.29, 0.717) is 38.1 Å². The number of ether oxygens (including phenoxy) is 2. The smallest absolute Gasteiger partial charge is 0.341 e. The molecule has 0 spiro atoms. The summed E-state index contributed by atoms with van der Waals surface area (Å²) in [7, 11) is -4.07. The van der Waals surface area contributed by atoms with Gasteiger partial charge in [-0.05, 0) is 71.5 Å². The molecule has 5 rings (SSSR count). The van der Waals surface area contributed by atoms with Crippen LogP contribution >= 0.6 is 22.6 Å². The fourth-order valence-corrected chi connectivity index (χ4v) is 8.17. The minimum Gasteiger partial charge on any atom is -0.465 e. The van der Waals surface area contributed by atoms with Gasteiger partial charge >= 0.3 is 5.97 Å². The number of fused-ring (bicyclic) bond motifs is 1. The summed E-state index contributed by atoms with van der Waals surface area (Å²) < 4.78 is 57.8. The van der Waals surface area contributed by atoms with Crippen LogP contribution in [0.25, 0.3) is 33.5 Å². The predicted molar refractivity (Wildman–Crippen MR) is 180 cm³/mol. The van der Waals surface area contributed by atoms with Crippen LogP contribution in [0.1, 0.15) is 15.9 Å². The third-order valence-corrected chi connectivity index (χ3v) is 11.8. The lowest BCUT2D eigenvalue weighted by Crippen LogP contribution is -2.22. The molecule has 0 aliphatic heterocycles. The second-order valence-electron chi connectivity index (χ2n) is 11.6. The Bertz CT molecular complexity index is 1970. The largest absolute Gasteiger partial charge is 0.465 e. The van der Waals surface area contributed by atoms with Crippen molar-refractivity contribution < 1.29 is 27.1 Å². The molecule has 230 valence electrons. The summed E-state index contributed by atoms with van der Waals surface area (Å²) in [6.07, 6.45) is 3.00. The van der Waals surface area contributed by atoms with Gasteiger partial charge in [-0.2, -0.15) is 0 Å². The number of halogens is 2. The van der Waals surface area contributed by atoms with E-state index in [1.165, 1.54) is 31.6 Å². The van der Waals surface area contributed by atoms with Gasteiger partial charge in [0.15, 0.2) is 5.65 Å². The highest BCUT2D eigenvalue weighted by atomic mass is 127. The molecule has 0 unspecified atom stereocenters. The fourth-order valence-electron chi connectivity index (χ4n) is 5.03. The molecule has 3 heterocycles. The number of carbonyl (C=O) groups is 1. The maximum Gasteiger partial charge on any atom is 0.341 e. The molecule has 3 aromatic heterocycles. The number of aromatic nitrogens is 3. The van der Waals surface area contributed by atoms with Crippen LogP contribution in [0.15, 0.2) is 78.0 Å². The summed E-state index contributed by atoms with van der Waals surface area (Å²) in [5, 5.41) is 0.540. The van der Waals surface area contributed by atoms with Crippen LogP contribution in [0.2, 0.25) is 25.7 Å². The zero-order chi connectivity index (χ0) is 31.8. The van der Waals surface area contributed by atoms with E-state index in [2.05, 4.69) is 47.2 Å². The van der Waals surface area contributed by atoms with Crippen molar-refractivity contribution in [3.05, 3.63) is 93.6 Å². The van der Waals surface area contributed by atoms with Gasteiger partial charge in [0.05, 0.1) is 32.5 Å². The van der Waals surface area contributed by atoms with E-state index in [0.717, 1.165) is 10.0 Å². The van der Waals surface area contributed by atoms with E-state index >= 15 is 4.39 Å². The van der Waals surface area contributed by atoms with Gasteiger partial charge in [-0.1, -0.05) is 50.0 Å². The molecule has 0 amide bonds. The number of nitrogens with zero attached hydrogens (tertiary/aromatic N) is 3. The molecule has 5 aromatic rings. The molecule has 0 aliphatic rings. The molecule has 0 N–H and O–H groups in total. The lowest BCUT2D eigenvalue weighted by atomic mass is 10.0. The first-order valence-corrected chi connectivity index (χ1v) is 20.2. The standard InChI is InChI=1S/C32H33FIN3O5SSi/c1-21-10-9-13-25(27(21)33)29-26(32(38)41-2)28(34)30(36(29)20-42-18-19-44(3,4)5)23-14-16-35-31-24(23)15-17-37(31)43(39,40)22-11-7-6-8-12-22/h6-17H,18-20H2,1-5H3. The predicted octanol–water partition coefficient (Wildman–Crippen LogP) is 7.56. The molecule has 12 heteroatoms. The number of hydrogen-bond donors (Lipinski definition) is 0. The summed E-state index contributed by atoms with van der Waals surface area (Å²) in [5.74, 6) is -1.08. The van der Waals surface area contributed by atoms with Crippen LogP contribution in [0, 0.1) is 16.3 Å². The fraction of sp³-hybridized carbons (Fsp3) is 0.250. The van der Waals surface area contributed by atoms with Gasteiger partial charge in [0.2, 0.25) is 0 Å². The van der Waals surface area contributed by atoms with Gasteiger partial charge in [0.25, 0.3) is 10.0 Å². The maximum atomic E-state index is 15.8. The minimum absolute atomic E-state index is 0.0301. The SMILES string of the molecule is COC(=O)c1c(I)c(-c2ccnc3c2ccn3S(=O)(=O)c2ccccc2)n(COCC[Si](C)(C)C)c1-c1cccc(C)c1F. The van der Waals surface area contributed by atoms with Crippen LogP contribution in [0.4, 0.5) is 4.39 Å². The first-order valence-electron chi connectivity index (χ1n) is 14.0. The molecule has 0 aliphatic carbocycles. The van der Waals surface area contributed by atoms with Crippen molar-refractivity contribution >= 4 is 57.7 Å². The van der Waals surface area contributed by atoms with Gasteiger partial charge < -0.3 is 14.0 Å². The summed E-state index contributed by atoms with van der Waals surface area (Å²) in [6.45, 7) is 8.96. The number of carbonyl (C=O) groups excluding carboxylic acids is 1. The Labute approximate surface area is 271 Å². The third-order valence-electron chi connectivity index (χ3n) is 7.37. The first-order chi connectivity index (χ1) is 20.9. The highest BCUT2D eigenvalue weighted by molar-refractivity contribution is 14.1. The van der Waals surface area contributed by atoms with Crippen molar-refractivity contribution in [2.24, 2.45) is 0 Å². The number of benzene rings is 2. The van der Waals surface area contributed by atoms with Crippen molar-refractivity contribution in [3.63, 3.8) is 0 Å². The second kappa shape index (κ2) is 12.6. The summed E-state index contributed by atoms with van der Waals surface area (Å²) >= 11 is 2.08. The van der Waals surface area contributed by atoms with E-state index in [4.69, 9.17) is 9.47 Å². The third kappa shape index (κ3) is 5.99. The Balaban J connectivity index is 1.78. The summed E-state index contributed by atoms with van der Waals surface area (Å²) in [5.41, 5.74) is 2.58. The molecule has 0 atom stereocenters. The average Bonchev–Trinajstić information content (AvgIpc) is 3.56. The van der Waals surface area contributed by atoms with Gasteiger partial charge in [0.1, 0.15) is 12.5 Å². The van der Waals surface area contributed by atoms with Crippen molar-refractivity contribution in [3.8, 4) is 22.5 Å². The number of aryl methyl sites for hydroxylation is 1. The molecule has 8 nitrogen and oxygen atoms in total. The molecule has 2 aromatic carbocycles. The average molecular weight is 746 g/mol. The quantitative estimate of drug-likeness (QED) is 0.0635. The monoisotopic (exact) mass is 745 g/mol. The molecule has 0 fully saturated rings. The van der Waals surface area contributed by atoms with E-state index in [1.54, 1.807) is 60.0 Å². The molecule has 0 bridgehead atoms. The molecule has 0 saturated carbocycles. The van der Waals surface area contributed by atoms with Crippen LogP contribution in [0.5, 0.6) is 0 Å². The maximum absolute atomic E-state index is 15.8. The second-order valence-corrected chi connectivity index (χ2v) is 20.1. The highest BCUT2D eigenvalue weighted by Crippen LogP contribution is 2.42. The Morgan fingerprint density at radius 2 is 1.73 bits per heavy atom. The minimum atomic E-state index is -3.95. The Morgan fingerprint density at radius 3 is 2.41 bits per heavy atom. The van der Waals surface area contributed by atoms with Gasteiger partial charge in [-0.25, -0.2) is 26.6 Å². The van der Waals surface area contributed by atoms with Gasteiger partial charge in [-0.3, -0.25) is 0 Å². The molecule has 44 heavy (non-hydrogen) atoms. The van der Waals surface area contributed by atoms with Crippen LogP contribution in [-0.2, 0) is 26.2 Å². The Kier molecular flexibility index (Phi) is 9.17. The van der Waals surface area contributed by atoms with Crippen LogP contribution in [-0.4, -0.2) is 49.7 Å². The van der Waals surface area contributed by atoms with Gasteiger partial charge in [0, 0.05) is 43.6 Å². The van der Waals surface area contributed by atoms with Crippen molar-refractivity contribution in [2.75, 3.05) is 13.7 Å². The summed E-state index contributed by atoms with van der Waals surface area (Å²) in [4.78, 5) is 17.9. The molecule has 0 saturated heterocycles. The lowest BCUT2D eigenvalue weighted by Gasteiger charge is -2.19. The van der Waals surface area contributed by atoms with Crippen molar-refractivity contribution in [2.45, 2.75) is 44.2 Å². The molecular weight excluding hydrogens is 712 g/mol. The number of pyridine rings is 1. The zero-order valence-corrected chi connectivity index (χ0v) is 29.1. The highest BCUT2D eigenvalue weighted by Gasteiger charge is 2.32. The lowest BCUT2D eigenvalue weighted by molar-refractivity contribution is 0.0599. The van der Waals surface area contributed by atoms with E-state index in [9.17, 15) is 13.2 Å². The molecule has 0 radical (unpaired) electrons. The molecular formula is C32H33FIN3O5SSi. The van der Waals surface area contributed by atoms with E-state index in [-0.39, 0.29) is 28.4 Å². The summed E-state index contributed by atoms with van der Waals surface area (Å²) in [6, 6.07) is 17.5. The van der Waals surface area contributed by atoms with E-state index in [1.807, 2.05) is 0 Å². The topological polar surface area (TPSA) is 92.4 Å². The Hall–Kier alpha value is -3.33. The zero-order valence-electron chi connectivity index (χ0n) is 25.1.